The van der Waals surface area contributed by atoms with Gasteiger partial charge in [-0.25, -0.2) is 4.98 Å². The molecule has 0 aliphatic rings. The molecule has 0 bridgehead atoms. The highest BCUT2D eigenvalue weighted by Crippen LogP contribution is 2.24. The molecule has 0 aliphatic carbocycles. The van der Waals surface area contributed by atoms with E-state index in [1.54, 1.807) is 0 Å². The van der Waals surface area contributed by atoms with Crippen molar-refractivity contribution in [2.45, 2.75) is 13.3 Å². The Morgan fingerprint density at radius 3 is 2.55 bits per heavy atom. The highest BCUT2D eigenvalue weighted by Gasteiger charge is 2.09. The van der Waals surface area contributed by atoms with E-state index in [1.165, 1.54) is 0 Å². The third-order valence-corrected chi connectivity index (χ3v) is 3.38. The number of hydrogen-bond donors (Lipinski definition) is 1. The van der Waals surface area contributed by atoms with Gasteiger partial charge in [0.25, 0.3) is 0 Å². The highest BCUT2D eigenvalue weighted by molar-refractivity contribution is 5.83. The van der Waals surface area contributed by atoms with Gasteiger partial charge in [-0.05, 0) is 30.2 Å². The standard InChI is InChI=1S/C19H18N2O/c1-2-8-15(13-16(20)14-9-4-3-5-10-14)19-21-17-11-6-7-12-18(17)22-19/h3-13H,2,20H2,1H3/b15-8+,16-13-. The minimum absolute atomic E-state index is 0.599. The molecule has 1 aromatic heterocycles. The van der Waals surface area contributed by atoms with Gasteiger partial charge in [0.2, 0.25) is 5.89 Å². The molecular weight excluding hydrogens is 272 g/mol. The van der Waals surface area contributed by atoms with Gasteiger partial charge in [0.15, 0.2) is 5.58 Å². The zero-order chi connectivity index (χ0) is 15.4. The number of allylic oxidation sites excluding steroid dienone is 3. The van der Waals surface area contributed by atoms with Crippen LogP contribution in [0.15, 0.2) is 71.2 Å². The maximum Gasteiger partial charge on any atom is 0.227 e. The van der Waals surface area contributed by atoms with Crippen molar-refractivity contribution in [2.75, 3.05) is 0 Å². The summed E-state index contributed by atoms with van der Waals surface area (Å²) in [6, 6.07) is 17.6. The predicted octanol–water partition coefficient (Wildman–Crippen LogP) is 4.62. The molecule has 3 aromatic rings. The summed E-state index contributed by atoms with van der Waals surface area (Å²) in [5, 5.41) is 0. The molecule has 0 unspecified atom stereocenters. The Labute approximate surface area is 129 Å². The summed E-state index contributed by atoms with van der Waals surface area (Å²) in [5.41, 5.74) is 10.4. The van der Waals surface area contributed by atoms with Crippen LogP contribution in [0.5, 0.6) is 0 Å². The molecule has 3 nitrogen and oxygen atoms in total. The Bertz CT molecular complexity index is 796. The first-order valence-corrected chi connectivity index (χ1v) is 7.36. The molecule has 0 amide bonds. The van der Waals surface area contributed by atoms with E-state index in [0.717, 1.165) is 28.7 Å². The van der Waals surface area contributed by atoms with Gasteiger partial charge in [-0.2, -0.15) is 0 Å². The number of para-hydroxylation sites is 2. The van der Waals surface area contributed by atoms with Crippen LogP contribution in [0.3, 0.4) is 0 Å². The maximum absolute atomic E-state index is 6.21. The van der Waals surface area contributed by atoms with Crippen LogP contribution in [-0.2, 0) is 0 Å². The summed E-state index contributed by atoms with van der Waals surface area (Å²) in [6.45, 7) is 2.08. The van der Waals surface area contributed by atoms with Crippen molar-refractivity contribution in [3.63, 3.8) is 0 Å². The zero-order valence-corrected chi connectivity index (χ0v) is 12.5. The van der Waals surface area contributed by atoms with Gasteiger partial charge in [0, 0.05) is 11.3 Å². The third kappa shape index (κ3) is 2.93. The van der Waals surface area contributed by atoms with E-state index < -0.39 is 0 Å². The maximum atomic E-state index is 6.21. The van der Waals surface area contributed by atoms with E-state index in [9.17, 15) is 0 Å². The monoisotopic (exact) mass is 290 g/mol. The average Bonchev–Trinajstić information content (AvgIpc) is 2.99. The summed E-state index contributed by atoms with van der Waals surface area (Å²) < 4.78 is 5.84. The fourth-order valence-electron chi connectivity index (χ4n) is 2.31. The van der Waals surface area contributed by atoms with Gasteiger partial charge < -0.3 is 10.2 Å². The van der Waals surface area contributed by atoms with Crippen LogP contribution >= 0.6 is 0 Å². The van der Waals surface area contributed by atoms with E-state index in [0.29, 0.717) is 11.6 Å². The second-order valence-electron chi connectivity index (χ2n) is 5.02. The smallest absolute Gasteiger partial charge is 0.227 e. The minimum Gasteiger partial charge on any atom is -0.436 e. The summed E-state index contributed by atoms with van der Waals surface area (Å²) in [7, 11) is 0. The lowest BCUT2D eigenvalue weighted by Gasteiger charge is -2.03. The Morgan fingerprint density at radius 1 is 1.09 bits per heavy atom. The molecule has 3 heteroatoms. The van der Waals surface area contributed by atoms with Crippen LogP contribution < -0.4 is 5.73 Å². The summed E-state index contributed by atoms with van der Waals surface area (Å²) in [4.78, 5) is 4.54. The van der Waals surface area contributed by atoms with Crippen molar-refractivity contribution in [1.29, 1.82) is 0 Å². The molecule has 0 saturated heterocycles. The Hall–Kier alpha value is -2.81. The normalized spacial score (nSPS) is 12.8. The van der Waals surface area contributed by atoms with Crippen molar-refractivity contribution in [1.82, 2.24) is 4.98 Å². The Morgan fingerprint density at radius 2 is 1.82 bits per heavy atom. The SMILES string of the molecule is CC/C=C(\C=C(/N)c1ccccc1)c1nc2ccccc2o1. The third-order valence-electron chi connectivity index (χ3n) is 3.38. The number of aromatic nitrogens is 1. The quantitative estimate of drug-likeness (QED) is 0.713. The number of oxazole rings is 1. The highest BCUT2D eigenvalue weighted by atomic mass is 16.3. The lowest BCUT2D eigenvalue weighted by molar-refractivity contribution is 0.585. The van der Waals surface area contributed by atoms with Gasteiger partial charge in [0.1, 0.15) is 5.52 Å². The van der Waals surface area contributed by atoms with E-state index >= 15 is 0 Å². The van der Waals surface area contributed by atoms with Crippen molar-refractivity contribution in [3.8, 4) is 0 Å². The summed E-state index contributed by atoms with van der Waals surface area (Å²) in [5.74, 6) is 0.599. The first kappa shape index (κ1) is 14.1. The summed E-state index contributed by atoms with van der Waals surface area (Å²) in [6.07, 6.45) is 4.87. The fraction of sp³-hybridized carbons (Fsp3) is 0.105. The van der Waals surface area contributed by atoms with Crippen LogP contribution in [0.25, 0.3) is 22.4 Å². The molecule has 1 heterocycles. The van der Waals surface area contributed by atoms with Gasteiger partial charge in [0.05, 0.1) is 0 Å². The van der Waals surface area contributed by atoms with Crippen LogP contribution in [0.1, 0.15) is 24.8 Å². The molecule has 2 aromatic carbocycles. The number of hydrogen-bond acceptors (Lipinski definition) is 3. The Balaban J connectivity index is 2.01. The van der Waals surface area contributed by atoms with Crippen molar-refractivity contribution >= 4 is 22.4 Å². The van der Waals surface area contributed by atoms with Crippen LogP contribution in [0.2, 0.25) is 0 Å². The van der Waals surface area contributed by atoms with Crippen LogP contribution in [0.4, 0.5) is 0 Å². The lowest BCUT2D eigenvalue weighted by Crippen LogP contribution is -1.97. The molecule has 2 N–H and O–H groups in total. The molecule has 0 spiro atoms. The van der Waals surface area contributed by atoms with E-state index in [1.807, 2.05) is 60.7 Å². The van der Waals surface area contributed by atoms with Gasteiger partial charge in [-0.15, -0.1) is 0 Å². The van der Waals surface area contributed by atoms with Gasteiger partial charge >= 0.3 is 0 Å². The van der Waals surface area contributed by atoms with E-state index in [2.05, 4.69) is 18.0 Å². The number of rotatable bonds is 4. The van der Waals surface area contributed by atoms with Gasteiger partial charge in [-0.3, -0.25) is 0 Å². The molecule has 3 rings (SSSR count). The number of nitrogens with two attached hydrogens (primary N) is 1. The minimum atomic E-state index is 0.599. The molecule has 22 heavy (non-hydrogen) atoms. The fourth-order valence-corrected chi connectivity index (χ4v) is 2.31. The topological polar surface area (TPSA) is 52.0 Å². The number of fused-ring (bicyclic) bond motifs is 1. The first-order chi connectivity index (χ1) is 10.8. The average molecular weight is 290 g/mol. The first-order valence-electron chi connectivity index (χ1n) is 7.36. The lowest BCUT2D eigenvalue weighted by atomic mass is 10.1. The molecule has 0 atom stereocenters. The molecule has 0 fully saturated rings. The van der Waals surface area contributed by atoms with Crippen LogP contribution in [0, 0.1) is 0 Å². The van der Waals surface area contributed by atoms with Crippen molar-refractivity contribution < 1.29 is 4.42 Å². The zero-order valence-electron chi connectivity index (χ0n) is 12.5. The number of nitrogens with zero attached hydrogens (tertiary/aromatic N) is 1. The molecule has 0 saturated carbocycles. The molecular formula is C19H18N2O. The van der Waals surface area contributed by atoms with Gasteiger partial charge in [-0.1, -0.05) is 55.5 Å². The number of benzene rings is 2. The predicted molar refractivity (Wildman–Crippen MR) is 90.9 cm³/mol. The second kappa shape index (κ2) is 6.31. The molecule has 0 radical (unpaired) electrons. The summed E-state index contributed by atoms with van der Waals surface area (Å²) >= 11 is 0. The largest absolute Gasteiger partial charge is 0.436 e. The van der Waals surface area contributed by atoms with Crippen molar-refractivity contribution in [3.05, 3.63) is 78.2 Å². The second-order valence-corrected chi connectivity index (χ2v) is 5.02. The Kier molecular flexibility index (Phi) is 4.05. The van der Waals surface area contributed by atoms with Crippen molar-refractivity contribution in [2.24, 2.45) is 5.73 Å². The van der Waals surface area contributed by atoms with Crippen LogP contribution in [-0.4, -0.2) is 4.98 Å². The van der Waals surface area contributed by atoms with E-state index in [4.69, 9.17) is 10.2 Å². The molecule has 0 aliphatic heterocycles. The van der Waals surface area contributed by atoms with E-state index in [-0.39, 0.29) is 0 Å². The molecule has 110 valence electrons.